The zero-order valence-corrected chi connectivity index (χ0v) is 14.3. The first kappa shape index (κ1) is 15.7. The molecule has 2 aromatic rings. The van der Waals surface area contributed by atoms with Crippen LogP contribution in [0.5, 0.6) is 0 Å². The lowest BCUT2D eigenvalue weighted by Crippen LogP contribution is -2.44. The first-order chi connectivity index (χ1) is 11.1. The monoisotopic (exact) mass is 376 g/mol. The van der Waals surface area contributed by atoms with E-state index in [1.807, 2.05) is 37.5 Å². The Bertz CT molecular complexity index is 728. The lowest BCUT2D eigenvalue weighted by atomic mass is 10.1. The second-order valence-electron chi connectivity index (χ2n) is 5.35. The van der Waals surface area contributed by atoms with Gasteiger partial charge in [-0.1, -0.05) is 39.3 Å². The van der Waals surface area contributed by atoms with Gasteiger partial charge in [0.05, 0.1) is 18.1 Å². The van der Waals surface area contributed by atoms with E-state index in [-0.39, 0.29) is 5.91 Å². The van der Waals surface area contributed by atoms with Crippen molar-refractivity contribution in [3.8, 4) is 0 Å². The van der Waals surface area contributed by atoms with Gasteiger partial charge in [0.25, 0.3) is 5.91 Å². The van der Waals surface area contributed by atoms with Crippen molar-refractivity contribution in [3.05, 3.63) is 46.7 Å². The Morgan fingerprint density at radius 3 is 3.00 bits per heavy atom. The van der Waals surface area contributed by atoms with Crippen LogP contribution in [-0.2, 0) is 16.7 Å². The van der Waals surface area contributed by atoms with Gasteiger partial charge >= 0.3 is 0 Å². The molecule has 2 heterocycles. The van der Waals surface area contributed by atoms with Gasteiger partial charge in [-0.05, 0) is 18.9 Å². The zero-order valence-electron chi connectivity index (χ0n) is 12.7. The van der Waals surface area contributed by atoms with Crippen molar-refractivity contribution < 1.29 is 9.63 Å². The molecule has 1 fully saturated rings. The van der Waals surface area contributed by atoms with Gasteiger partial charge in [-0.15, -0.1) is 0 Å². The molecule has 120 valence electrons. The predicted molar refractivity (Wildman–Crippen MR) is 91.4 cm³/mol. The molecule has 0 bridgehead atoms. The van der Waals surface area contributed by atoms with Crippen LogP contribution in [0.3, 0.4) is 0 Å². The number of carbonyl (C=O) groups is 1. The van der Waals surface area contributed by atoms with Crippen LogP contribution in [-0.4, -0.2) is 34.6 Å². The van der Waals surface area contributed by atoms with Gasteiger partial charge in [0.2, 0.25) is 6.10 Å². The van der Waals surface area contributed by atoms with Crippen molar-refractivity contribution >= 4 is 33.7 Å². The van der Waals surface area contributed by atoms with Gasteiger partial charge < -0.3 is 9.74 Å². The molecule has 1 aromatic carbocycles. The molecule has 0 spiro atoms. The summed E-state index contributed by atoms with van der Waals surface area (Å²) in [6.07, 6.45) is 6.11. The maximum Gasteiger partial charge on any atom is 0.270 e. The number of rotatable bonds is 4. The van der Waals surface area contributed by atoms with Gasteiger partial charge in [0, 0.05) is 29.8 Å². The van der Waals surface area contributed by atoms with Crippen LogP contribution in [0.25, 0.3) is 0 Å². The number of carbonyl (C=O) groups excluding carboxylic acids is 1. The van der Waals surface area contributed by atoms with E-state index in [4.69, 9.17) is 4.84 Å². The molecule has 0 saturated carbocycles. The topological polar surface area (TPSA) is 59.7 Å². The van der Waals surface area contributed by atoms with Gasteiger partial charge in [-0.25, -0.2) is 0 Å². The molecular weight excluding hydrogens is 360 g/mol. The average molecular weight is 377 g/mol. The number of hydrogen-bond acceptors (Lipinski definition) is 4. The van der Waals surface area contributed by atoms with Crippen LogP contribution < -0.4 is 4.90 Å². The van der Waals surface area contributed by atoms with E-state index in [1.165, 1.54) is 0 Å². The zero-order chi connectivity index (χ0) is 16.2. The molecule has 6 nitrogen and oxygen atoms in total. The van der Waals surface area contributed by atoms with Crippen LogP contribution in [0, 0.1) is 0 Å². The molecule has 1 amide bonds. The summed E-state index contributed by atoms with van der Waals surface area (Å²) >= 11 is 3.45. The third kappa shape index (κ3) is 3.61. The fraction of sp³-hybridized carbons (Fsp3) is 0.312. The first-order valence-electron chi connectivity index (χ1n) is 7.39. The molecule has 0 radical (unpaired) electrons. The van der Waals surface area contributed by atoms with E-state index in [9.17, 15) is 4.79 Å². The summed E-state index contributed by atoms with van der Waals surface area (Å²) < 4.78 is 2.61. The average Bonchev–Trinajstić information content (AvgIpc) is 2.97. The highest BCUT2D eigenvalue weighted by Crippen LogP contribution is 2.22. The van der Waals surface area contributed by atoms with E-state index >= 15 is 0 Å². The largest absolute Gasteiger partial charge is 0.382 e. The van der Waals surface area contributed by atoms with E-state index in [1.54, 1.807) is 22.0 Å². The normalized spacial score (nSPS) is 18.6. The van der Waals surface area contributed by atoms with Crippen molar-refractivity contribution in [2.75, 3.05) is 11.4 Å². The molecular formula is C16H17BrN4O2. The fourth-order valence-electron chi connectivity index (χ4n) is 2.48. The van der Waals surface area contributed by atoms with Crippen molar-refractivity contribution in [2.24, 2.45) is 12.2 Å². The van der Waals surface area contributed by atoms with Gasteiger partial charge in [-0.3, -0.25) is 9.48 Å². The van der Waals surface area contributed by atoms with Gasteiger partial charge in [0.15, 0.2) is 0 Å². The number of nitrogens with zero attached hydrogens (tertiary/aromatic N) is 4. The molecule has 1 aromatic heterocycles. The quantitative estimate of drug-likeness (QED) is 0.608. The minimum absolute atomic E-state index is 0.0754. The van der Waals surface area contributed by atoms with Crippen LogP contribution in [0.4, 0.5) is 5.69 Å². The predicted octanol–water partition coefficient (Wildman–Crippen LogP) is 2.73. The summed E-state index contributed by atoms with van der Waals surface area (Å²) in [5.41, 5.74) is 1.69. The van der Waals surface area contributed by atoms with Crippen LogP contribution in [0.1, 0.15) is 18.4 Å². The number of aryl methyl sites for hydroxylation is 1. The highest BCUT2D eigenvalue weighted by Gasteiger charge is 2.32. The lowest BCUT2D eigenvalue weighted by Gasteiger charge is -2.29. The smallest absolute Gasteiger partial charge is 0.270 e. The van der Waals surface area contributed by atoms with Crippen LogP contribution in [0.2, 0.25) is 0 Å². The molecule has 1 aliphatic heterocycles. The number of hydrogen-bond donors (Lipinski definition) is 0. The van der Waals surface area contributed by atoms with Crippen molar-refractivity contribution in [1.82, 2.24) is 9.78 Å². The van der Waals surface area contributed by atoms with Crippen molar-refractivity contribution in [2.45, 2.75) is 18.9 Å². The van der Waals surface area contributed by atoms with E-state index in [0.717, 1.165) is 22.1 Å². The summed E-state index contributed by atoms with van der Waals surface area (Å²) in [4.78, 5) is 19.7. The molecule has 3 rings (SSSR count). The van der Waals surface area contributed by atoms with Crippen molar-refractivity contribution in [3.63, 3.8) is 0 Å². The summed E-state index contributed by atoms with van der Waals surface area (Å²) in [5.74, 6) is -0.0754. The molecule has 1 saturated heterocycles. The lowest BCUT2D eigenvalue weighted by molar-refractivity contribution is -0.132. The Hall–Kier alpha value is -2.15. The SMILES string of the molecule is Cn1cc(N2CCCC(ON=Cc3ccccc3Br)C2=O)cn1. The Morgan fingerprint density at radius 2 is 2.26 bits per heavy atom. The van der Waals surface area contributed by atoms with E-state index in [2.05, 4.69) is 26.2 Å². The van der Waals surface area contributed by atoms with Gasteiger partial charge in [0.1, 0.15) is 0 Å². The standard InChI is InChI=1S/C16H17BrN4O2/c1-20-11-13(10-18-20)21-8-4-7-15(16(21)22)23-19-9-12-5-2-3-6-14(12)17/h2-3,5-6,9-11,15H,4,7-8H2,1H3. The highest BCUT2D eigenvalue weighted by molar-refractivity contribution is 9.10. The summed E-state index contributed by atoms with van der Waals surface area (Å²) in [6, 6.07) is 7.69. The second kappa shape index (κ2) is 6.95. The summed E-state index contributed by atoms with van der Waals surface area (Å²) in [5, 5.41) is 8.10. The first-order valence-corrected chi connectivity index (χ1v) is 8.18. The number of aromatic nitrogens is 2. The number of halogens is 1. The van der Waals surface area contributed by atoms with E-state index < -0.39 is 6.10 Å². The number of oxime groups is 1. The molecule has 1 aliphatic rings. The number of benzene rings is 1. The number of anilines is 1. The summed E-state index contributed by atoms with van der Waals surface area (Å²) in [7, 11) is 1.83. The second-order valence-corrected chi connectivity index (χ2v) is 6.21. The van der Waals surface area contributed by atoms with Crippen molar-refractivity contribution in [1.29, 1.82) is 0 Å². The Labute approximate surface area is 142 Å². The van der Waals surface area contributed by atoms with Crippen LogP contribution in [0.15, 0.2) is 46.3 Å². The molecule has 0 aliphatic carbocycles. The Morgan fingerprint density at radius 1 is 1.43 bits per heavy atom. The van der Waals surface area contributed by atoms with E-state index in [0.29, 0.717) is 13.0 Å². The third-order valence-electron chi connectivity index (χ3n) is 3.68. The van der Waals surface area contributed by atoms with Crippen LogP contribution >= 0.6 is 15.9 Å². The molecule has 23 heavy (non-hydrogen) atoms. The molecule has 7 heteroatoms. The minimum Gasteiger partial charge on any atom is -0.382 e. The third-order valence-corrected chi connectivity index (χ3v) is 4.40. The maximum absolute atomic E-state index is 12.5. The molecule has 1 unspecified atom stereocenters. The highest BCUT2D eigenvalue weighted by atomic mass is 79.9. The summed E-state index contributed by atoms with van der Waals surface area (Å²) in [6.45, 7) is 0.679. The number of piperidine rings is 1. The minimum atomic E-state index is -0.553. The van der Waals surface area contributed by atoms with Gasteiger partial charge in [-0.2, -0.15) is 5.10 Å². The number of amides is 1. The Kier molecular flexibility index (Phi) is 4.76. The maximum atomic E-state index is 12.5. The molecule has 0 N–H and O–H groups in total. The fourth-order valence-corrected chi connectivity index (χ4v) is 2.87. The molecule has 1 atom stereocenters. The Balaban J connectivity index is 1.66.